The lowest BCUT2D eigenvalue weighted by atomic mass is 9.81. The van der Waals surface area contributed by atoms with Crippen molar-refractivity contribution in [1.29, 1.82) is 0 Å². The highest BCUT2D eigenvalue weighted by Gasteiger charge is 2.43. The van der Waals surface area contributed by atoms with Crippen molar-refractivity contribution in [2.75, 3.05) is 13.1 Å². The van der Waals surface area contributed by atoms with E-state index in [2.05, 4.69) is 30.8 Å². The molecule has 1 aromatic heterocycles. The number of likely N-dealkylation sites (tertiary alicyclic amines) is 1. The Kier molecular flexibility index (Phi) is 5.10. The zero-order chi connectivity index (χ0) is 14.8. The number of hydrogen-bond acceptors (Lipinski definition) is 3. The molecule has 1 unspecified atom stereocenters. The molecule has 0 aliphatic carbocycles. The maximum absolute atomic E-state index is 6.71. The zero-order valence-corrected chi connectivity index (χ0v) is 13.7. The first-order valence-electron chi connectivity index (χ1n) is 7.82. The van der Waals surface area contributed by atoms with Gasteiger partial charge < -0.3 is 5.73 Å². The average Bonchev–Trinajstić information content (AvgIpc) is 3.10. The van der Waals surface area contributed by atoms with Gasteiger partial charge in [0.05, 0.1) is 23.0 Å². The summed E-state index contributed by atoms with van der Waals surface area (Å²) in [6.07, 6.45) is 6.34. The van der Waals surface area contributed by atoms with Crippen LogP contribution < -0.4 is 5.73 Å². The van der Waals surface area contributed by atoms with E-state index in [1.165, 1.54) is 12.8 Å². The second-order valence-corrected chi connectivity index (χ2v) is 6.08. The molecule has 0 radical (unpaired) electrons. The van der Waals surface area contributed by atoms with E-state index in [1.807, 2.05) is 4.68 Å². The van der Waals surface area contributed by atoms with E-state index in [-0.39, 0.29) is 11.6 Å². The minimum Gasteiger partial charge on any atom is -0.321 e. The van der Waals surface area contributed by atoms with Crippen molar-refractivity contribution in [3.63, 3.8) is 0 Å². The molecular weight excluding hydrogens is 272 g/mol. The van der Waals surface area contributed by atoms with Gasteiger partial charge in [-0.2, -0.15) is 5.10 Å². The Morgan fingerprint density at radius 3 is 2.40 bits per heavy atom. The molecule has 20 heavy (non-hydrogen) atoms. The lowest BCUT2D eigenvalue weighted by Gasteiger charge is -2.45. The largest absolute Gasteiger partial charge is 0.321 e. The van der Waals surface area contributed by atoms with E-state index >= 15 is 0 Å². The molecule has 0 saturated carbocycles. The Hall–Kier alpha value is -0.580. The minimum atomic E-state index is -0.0921. The fourth-order valence-electron chi connectivity index (χ4n) is 3.68. The maximum atomic E-state index is 6.71. The zero-order valence-electron chi connectivity index (χ0n) is 12.9. The van der Waals surface area contributed by atoms with Gasteiger partial charge >= 0.3 is 0 Å². The predicted octanol–water partition coefficient (Wildman–Crippen LogP) is 3.21. The molecule has 1 fully saturated rings. The van der Waals surface area contributed by atoms with E-state index < -0.39 is 0 Å². The van der Waals surface area contributed by atoms with Crippen molar-refractivity contribution in [3.8, 4) is 0 Å². The lowest BCUT2D eigenvalue weighted by Crippen LogP contribution is -2.54. The number of nitrogens with two attached hydrogens (primary N) is 1. The summed E-state index contributed by atoms with van der Waals surface area (Å²) in [4.78, 5) is 2.57. The Labute approximate surface area is 127 Å². The first kappa shape index (κ1) is 15.8. The minimum absolute atomic E-state index is 0.00685. The Balaban J connectivity index is 2.40. The van der Waals surface area contributed by atoms with Gasteiger partial charge in [0.25, 0.3) is 0 Å². The van der Waals surface area contributed by atoms with Gasteiger partial charge in [0, 0.05) is 12.1 Å². The highest BCUT2D eigenvalue weighted by Crippen LogP contribution is 2.39. The fraction of sp³-hybridized carbons (Fsp3) is 0.800. The molecule has 1 saturated heterocycles. The number of aryl methyl sites for hydroxylation is 1. The highest BCUT2D eigenvalue weighted by molar-refractivity contribution is 6.31. The van der Waals surface area contributed by atoms with Gasteiger partial charge in [-0.05, 0) is 45.7 Å². The van der Waals surface area contributed by atoms with Crippen LogP contribution in [0.2, 0.25) is 5.02 Å². The molecule has 1 aliphatic heterocycles. The monoisotopic (exact) mass is 298 g/mol. The quantitative estimate of drug-likeness (QED) is 0.877. The Morgan fingerprint density at radius 2 is 1.90 bits per heavy atom. The van der Waals surface area contributed by atoms with Crippen LogP contribution in [-0.4, -0.2) is 33.3 Å². The SMILES string of the molecule is CCn1ncc(Cl)c1C(N)C(CC)(CC)N1CCCC1. The first-order chi connectivity index (χ1) is 9.60. The first-order valence-corrected chi connectivity index (χ1v) is 8.20. The standard InChI is InChI=1S/C15H27ClN4/c1-4-15(5-2,19-9-7-8-10-19)14(17)13-12(16)11-18-20(13)6-3/h11,14H,4-10,17H2,1-3H3. The Bertz CT molecular complexity index is 433. The summed E-state index contributed by atoms with van der Waals surface area (Å²) in [5.41, 5.74) is 7.69. The van der Waals surface area contributed by atoms with E-state index in [0.717, 1.165) is 38.2 Å². The molecule has 0 amide bonds. The number of nitrogens with zero attached hydrogens (tertiary/aromatic N) is 3. The Morgan fingerprint density at radius 1 is 1.30 bits per heavy atom. The molecule has 5 heteroatoms. The van der Waals surface area contributed by atoms with Crippen LogP contribution in [0.15, 0.2) is 6.20 Å². The molecule has 4 nitrogen and oxygen atoms in total. The second-order valence-electron chi connectivity index (χ2n) is 5.68. The molecule has 1 atom stereocenters. The molecule has 0 spiro atoms. The summed E-state index contributed by atoms with van der Waals surface area (Å²) in [5.74, 6) is 0. The van der Waals surface area contributed by atoms with Crippen LogP contribution in [0.25, 0.3) is 0 Å². The molecule has 0 bridgehead atoms. The van der Waals surface area contributed by atoms with Gasteiger partial charge in [-0.15, -0.1) is 0 Å². The van der Waals surface area contributed by atoms with Crippen LogP contribution in [0.4, 0.5) is 0 Å². The van der Waals surface area contributed by atoms with Crippen molar-refractivity contribution in [3.05, 3.63) is 16.9 Å². The van der Waals surface area contributed by atoms with Gasteiger partial charge in [-0.3, -0.25) is 9.58 Å². The summed E-state index contributed by atoms with van der Waals surface area (Å²) in [6.45, 7) is 9.65. The number of hydrogen-bond donors (Lipinski definition) is 1. The number of rotatable bonds is 6. The molecule has 2 N–H and O–H groups in total. The molecular formula is C15H27ClN4. The average molecular weight is 299 g/mol. The highest BCUT2D eigenvalue weighted by atomic mass is 35.5. The van der Waals surface area contributed by atoms with Crippen molar-refractivity contribution in [2.24, 2.45) is 5.73 Å². The van der Waals surface area contributed by atoms with Gasteiger partial charge in [0.15, 0.2) is 0 Å². The van der Waals surface area contributed by atoms with Crippen molar-refractivity contribution in [2.45, 2.75) is 64.6 Å². The molecule has 0 aromatic carbocycles. The van der Waals surface area contributed by atoms with Crippen LogP contribution >= 0.6 is 11.6 Å². The van der Waals surface area contributed by atoms with Crippen molar-refractivity contribution in [1.82, 2.24) is 14.7 Å². The number of halogens is 1. The van der Waals surface area contributed by atoms with E-state index in [9.17, 15) is 0 Å². The van der Waals surface area contributed by atoms with Crippen LogP contribution in [0.1, 0.15) is 58.2 Å². The molecule has 1 aliphatic rings. The van der Waals surface area contributed by atoms with Gasteiger partial charge in [-0.25, -0.2) is 0 Å². The summed E-state index contributed by atoms with van der Waals surface area (Å²) in [7, 11) is 0. The third-order valence-corrected chi connectivity index (χ3v) is 5.26. The summed E-state index contributed by atoms with van der Waals surface area (Å²) in [6, 6.07) is -0.0921. The lowest BCUT2D eigenvalue weighted by molar-refractivity contribution is 0.0735. The predicted molar refractivity (Wildman–Crippen MR) is 84.0 cm³/mol. The second kappa shape index (κ2) is 6.46. The maximum Gasteiger partial charge on any atom is 0.0834 e. The summed E-state index contributed by atoms with van der Waals surface area (Å²) >= 11 is 6.36. The molecule has 2 rings (SSSR count). The van der Waals surface area contributed by atoms with E-state index in [0.29, 0.717) is 5.02 Å². The molecule has 2 heterocycles. The van der Waals surface area contributed by atoms with Crippen LogP contribution in [0, 0.1) is 0 Å². The van der Waals surface area contributed by atoms with Gasteiger partial charge in [-0.1, -0.05) is 25.4 Å². The summed E-state index contributed by atoms with van der Waals surface area (Å²) in [5, 5.41) is 5.05. The third kappa shape index (κ3) is 2.49. The van der Waals surface area contributed by atoms with E-state index in [4.69, 9.17) is 17.3 Å². The third-order valence-electron chi connectivity index (χ3n) is 4.97. The molecule has 1 aromatic rings. The smallest absolute Gasteiger partial charge is 0.0834 e. The van der Waals surface area contributed by atoms with Gasteiger partial charge in [0.1, 0.15) is 0 Å². The van der Waals surface area contributed by atoms with Gasteiger partial charge in [0.2, 0.25) is 0 Å². The summed E-state index contributed by atoms with van der Waals surface area (Å²) < 4.78 is 1.95. The van der Waals surface area contributed by atoms with Crippen LogP contribution in [-0.2, 0) is 6.54 Å². The topological polar surface area (TPSA) is 47.1 Å². The van der Waals surface area contributed by atoms with Crippen molar-refractivity contribution >= 4 is 11.6 Å². The van der Waals surface area contributed by atoms with Crippen LogP contribution in [0.3, 0.4) is 0 Å². The normalized spacial score (nSPS) is 18.6. The van der Waals surface area contributed by atoms with Crippen LogP contribution in [0.5, 0.6) is 0 Å². The van der Waals surface area contributed by atoms with E-state index in [1.54, 1.807) is 6.20 Å². The fourth-order valence-corrected chi connectivity index (χ4v) is 3.94. The van der Waals surface area contributed by atoms with Crippen molar-refractivity contribution < 1.29 is 0 Å². The number of aromatic nitrogens is 2. The molecule has 114 valence electrons.